The number of nitrogens with zero attached hydrogens (tertiary/aromatic N) is 1. The first-order chi connectivity index (χ1) is 9.45. The third-order valence-electron chi connectivity index (χ3n) is 3.50. The molecule has 110 valence electrons. The molecule has 0 spiro atoms. The molecule has 6 heteroatoms. The van der Waals surface area contributed by atoms with Crippen molar-refractivity contribution in [1.29, 1.82) is 0 Å². The minimum absolute atomic E-state index is 0.121. The molecule has 20 heavy (non-hydrogen) atoms. The van der Waals surface area contributed by atoms with E-state index in [9.17, 15) is 9.90 Å². The number of amides is 1. The van der Waals surface area contributed by atoms with Crippen LogP contribution in [0.15, 0.2) is 18.2 Å². The molecule has 0 unspecified atom stereocenters. The maximum Gasteiger partial charge on any atom is 0.238 e. The summed E-state index contributed by atoms with van der Waals surface area (Å²) in [4.78, 5) is 13.8. The average Bonchev–Trinajstić information content (AvgIpc) is 2.37. The van der Waals surface area contributed by atoms with Gasteiger partial charge in [0.15, 0.2) is 0 Å². The monoisotopic (exact) mass is 298 g/mol. The smallest absolute Gasteiger partial charge is 0.238 e. The summed E-state index contributed by atoms with van der Waals surface area (Å²) in [5, 5.41) is 13.1. The van der Waals surface area contributed by atoms with Gasteiger partial charge in [0.1, 0.15) is 5.75 Å². The summed E-state index contributed by atoms with van der Waals surface area (Å²) in [6, 6.07) is 5.09. The van der Waals surface area contributed by atoms with Crippen LogP contribution in [0.4, 0.5) is 5.69 Å². The number of aliphatic hydroxyl groups is 1. The number of methoxy groups -OCH3 is 1. The fourth-order valence-corrected chi connectivity index (χ4v) is 2.53. The Morgan fingerprint density at radius 2 is 2.25 bits per heavy atom. The Labute approximate surface area is 123 Å². The molecule has 1 amide bonds. The summed E-state index contributed by atoms with van der Waals surface area (Å²) in [6.45, 7) is 3.29. The lowest BCUT2D eigenvalue weighted by atomic mass is 9.91. The molecule has 5 nitrogen and oxygen atoms in total. The predicted octanol–water partition coefficient (Wildman–Crippen LogP) is 1.74. The number of hydrogen-bond acceptors (Lipinski definition) is 4. The Hall–Kier alpha value is -1.30. The van der Waals surface area contributed by atoms with Crippen molar-refractivity contribution >= 4 is 23.2 Å². The second kappa shape index (κ2) is 5.99. The summed E-state index contributed by atoms with van der Waals surface area (Å²) in [5.74, 6) is 0.449. The second-order valence-corrected chi connectivity index (χ2v) is 5.53. The van der Waals surface area contributed by atoms with Gasteiger partial charge in [-0.2, -0.15) is 0 Å². The molecule has 1 fully saturated rings. The fraction of sp³-hybridized carbons (Fsp3) is 0.500. The van der Waals surface area contributed by atoms with E-state index < -0.39 is 5.60 Å². The number of β-amino-alcohol motifs (C(OH)–C–C–N with tert-alkyl or cyclic N) is 1. The number of carbonyl (C=O) groups excluding carboxylic acids is 1. The molecule has 1 aliphatic heterocycles. The largest absolute Gasteiger partial charge is 0.495 e. The molecular weight excluding hydrogens is 280 g/mol. The van der Waals surface area contributed by atoms with Crippen molar-refractivity contribution in [3.63, 3.8) is 0 Å². The van der Waals surface area contributed by atoms with Crippen LogP contribution < -0.4 is 10.1 Å². The molecule has 1 heterocycles. The summed E-state index contributed by atoms with van der Waals surface area (Å²) < 4.78 is 5.05. The Bertz CT molecular complexity index is 501. The van der Waals surface area contributed by atoms with E-state index in [-0.39, 0.29) is 12.5 Å². The van der Waals surface area contributed by atoms with Gasteiger partial charge in [-0.3, -0.25) is 9.69 Å². The number of hydrogen-bond donors (Lipinski definition) is 2. The number of ether oxygens (including phenoxy) is 1. The molecule has 0 saturated carbocycles. The van der Waals surface area contributed by atoms with Crippen LogP contribution in [-0.2, 0) is 4.79 Å². The predicted molar refractivity (Wildman–Crippen MR) is 78.3 cm³/mol. The highest BCUT2D eigenvalue weighted by Gasteiger charge is 2.39. The highest BCUT2D eigenvalue weighted by atomic mass is 35.5. The van der Waals surface area contributed by atoms with Crippen LogP contribution in [0.25, 0.3) is 0 Å². The first kappa shape index (κ1) is 15.1. The van der Waals surface area contributed by atoms with E-state index in [4.69, 9.17) is 16.3 Å². The number of halogens is 1. The molecule has 2 rings (SSSR count). The van der Waals surface area contributed by atoms with Gasteiger partial charge in [-0.15, -0.1) is 0 Å². The van der Waals surface area contributed by atoms with E-state index in [1.165, 1.54) is 7.11 Å². The van der Waals surface area contributed by atoms with Gasteiger partial charge in [-0.25, -0.2) is 0 Å². The number of rotatable bonds is 5. The molecular formula is C14H19ClN2O3. The summed E-state index contributed by atoms with van der Waals surface area (Å²) in [7, 11) is 1.54. The molecule has 1 aromatic carbocycles. The lowest BCUT2D eigenvalue weighted by molar-refractivity contribution is -0.128. The van der Waals surface area contributed by atoms with E-state index >= 15 is 0 Å². The minimum atomic E-state index is -0.621. The van der Waals surface area contributed by atoms with Gasteiger partial charge in [0.05, 0.1) is 24.3 Å². The van der Waals surface area contributed by atoms with Crippen molar-refractivity contribution in [2.75, 3.05) is 32.1 Å². The van der Waals surface area contributed by atoms with Crippen LogP contribution in [-0.4, -0.2) is 48.3 Å². The highest BCUT2D eigenvalue weighted by molar-refractivity contribution is 6.32. The fourth-order valence-electron chi connectivity index (χ4n) is 2.27. The maximum absolute atomic E-state index is 11.9. The number of benzene rings is 1. The molecule has 1 aliphatic rings. The standard InChI is InChI=1S/C14H19ClN2O3/c1-3-14(19)8-17(9-14)7-13(18)16-10-4-5-12(20-2)11(15)6-10/h4-6,19H,3,7-9H2,1-2H3,(H,16,18). The van der Waals surface area contributed by atoms with Gasteiger partial charge in [0, 0.05) is 18.8 Å². The third-order valence-corrected chi connectivity index (χ3v) is 3.79. The van der Waals surface area contributed by atoms with Gasteiger partial charge < -0.3 is 15.2 Å². The molecule has 1 aromatic rings. The van der Waals surface area contributed by atoms with Crippen LogP contribution >= 0.6 is 11.6 Å². The number of likely N-dealkylation sites (tertiary alicyclic amines) is 1. The molecule has 0 aliphatic carbocycles. The van der Waals surface area contributed by atoms with Gasteiger partial charge in [-0.1, -0.05) is 18.5 Å². The molecule has 0 radical (unpaired) electrons. The van der Waals surface area contributed by atoms with Crippen molar-refractivity contribution < 1.29 is 14.6 Å². The zero-order chi connectivity index (χ0) is 14.8. The van der Waals surface area contributed by atoms with Crippen molar-refractivity contribution in [3.8, 4) is 5.75 Å². The van der Waals surface area contributed by atoms with Crippen molar-refractivity contribution in [1.82, 2.24) is 4.90 Å². The Morgan fingerprint density at radius 1 is 1.55 bits per heavy atom. The normalized spacial score (nSPS) is 17.4. The lowest BCUT2D eigenvalue weighted by Gasteiger charge is -2.45. The van der Waals surface area contributed by atoms with Crippen LogP contribution in [0.1, 0.15) is 13.3 Å². The zero-order valence-corrected chi connectivity index (χ0v) is 12.4. The molecule has 2 N–H and O–H groups in total. The maximum atomic E-state index is 11.9. The van der Waals surface area contributed by atoms with Crippen molar-refractivity contribution in [2.45, 2.75) is 18.9 Å². The van der Waals surface area contributed by atoms with Crippen LogP contribution in [0.2, 0.25) is 5.02 Å². The van der Waals surface area contributed by atoms with E-state index in [2.05, 4.69) is 5.32 Å². The number of anilines is 1. The van der Waals surface area contributed by atoms with E-state index in [0.717, 1.165) is 0 Å². The second-order valence-electron chi connectivity index (χ2n) is 5.12. The van der Waals surface area contributed by atoms with Gasteiger partial charge in [-0.05, 0) is 24.6 Å². The highest BCUT2D eigenvalue weighted by Crippen LogP contribution is 2.27. The zero-order valence-electron chi connectivity index (χ0n) is 11.6. The van der Waals surface area contributed by atoms with Crippen LogP contribution in [0, 0.1) is 0 Å². The van der Waals surface area contributed by atoms with Crippen molar-refractivity contribution in [3.05, 3.63) is 23.2 Å². The van der Waals surface area contributed by atoms with E-state index in [1.54, 1.807) is 18.2 Å². The number of carbonyl (C=O) groups is 1. The SMILES string of the molecule is CCC1(O)CN(CC(=O)Nc2ccc(OC)c(Cl)c2)C1. The van der Waals surface area contributed by atoms with Crippen molar-refractivity contribution in [2.24, 2.45) is 0 Å². The quantitative estimate of drug-likeness (QED) is 0.869. The summed E-state index contributed by atoms with van der Waals surface area (Å²) >= 11 is 5.99. The Morgan fingerprint density at radius 3 is 2.80 bits per heavy atom. The molecule has 0 aromatic heterocycles. The Kier molecular flexibility index (Phi) is 4.52. The first-order valence-corrected chi connectivity index (χ1v) is 6.92. The van der Waals surface area contributed by atoms with Crippen LogP contribution in [0.5, 0.6) is 5.75 Å². The summed E-state index contributed by atoms with van der Waals surface area (Å²) in [5.41, 5.74) is 0.0102. The van der Waals surface area contributed by atoms with Gasteiger partial charge >= 0.3 is 0 Å². The lowest BCUT2D eigenvalue weighted by Crippen LogP contribution is -2.62. The first-order valence-electron chi connectivity index (χ1n) is 6.54. The molecule has 1 saturated heterocycles. The van der Waals surface area contributed by atoms with Gasteiger partial charge in [0.2, 0.25) is 5.91 Å². The minimum Gasteiger partial charge on any atom is -0.495 e. The molecule has 0 atom stereocenters. The molecule has 0 bridgehead atoms. The van der Waals surface area contributed by atoms with E-state index in [0.29, 0.717) is 36.0 Å². The Balaban J connectivity index is 1.85. The summed E-state index contributed by atoms with van der Waals surface area (Å²) in [6.07, 6.45) is 0.708. The van der Waals surface area contributed by atoms with Crippen LogP contribution in [0.3, 0.4) is 0 Å². The third kappa shape index (κ3) is 3.42. The number of nitrogens with one attached hydrogen (secondary N) is 1. The topological polar surface area (TPSA) is 61.8 Å². The van der Waals surface area contributed by atoms with E-state index in [1.807, 2.05) is 11.8 Å². The van der Waals surface area contributed by atoms with Gasteiger partial charge in [0.25, 0.3) is 0 Å². The average molecular weight is 299 g/mol.